The number of aromatic nitrogens is 2. The van der Waals surface area contributed by atoms with Gasteiger partial charge in [0.1, 0.15) is 5.82 Å². The van der Waals surface area contributed by atoms with Crippen LogP contribution in [0.2, 0.25) is 0 Å². The maximum absolute atomic E-state index is 10.1. The molecule has 128 valence electrons. The molecule has 1 unspecified atom stereocenters. The maximum atomic E-state index is 10.1. The molecule has 1 aromatic heterocycles. The van der Waals surface area contributed by atoms with Gasteiger partial charge in [-0.05, 0) is 44.6 Å². The van der Waals surface area contributed by atoms with Crippen LogP contribution in [0.3, 0.4) is 0 Å². The van der Waals surface area contributed by atoms with E-state index in [4.69, 9.17) is 0 Å². The van der Waals surface area contributed by atoms with E-state index in [0.717, 1.165) is 56.7 Å². The lowest BCUT2D eigenvalue weighted by atomic mass is 9.76. The minimum absolute atomic E-state index is 0.0169. The van der Waals surface area contributed by atoms with Gasteiger partial charge < -0.3 is 10.0 Å². The van der Waals surface area contributed by atoms with E-state index in [1.54, 1.807) is 12.4 Å². The van der Waals surface area contributed by atoms with Crippen LogP contribution in [-0.2, 0) is 6.42 Å². The van der Waals surface area contributed by atoms with E-state index in [9.17, 15) is 5.11 Å². The number of rotatable bonds is 6. The minimum Gasteiger partial charge on any atom is -0.396 e. The molecule has 0 saturated carbocycles. The Kier molecular flexibility index (Phi) is 5.46. The van der Waals surface area contributed by atoms with Gasteiger partial charge in [-0.25, -0.2) is 4.98 Å². The molecule has 2 heterocycles. The van der Waals surface area contributed by atoms with Crippen molar-refractivity contribution in [1.82, 2.24) is 9.97 Å². The Balaban J connectivity index is 1.64. The van der Waals surface area contributed by atoms with Crippen molar-refractivity contribution in [3.8, 4) is 0 Å². The first-order chi connectivity index (χ1) is 11.7. The number of aliphatic hydroxyl groups excluding tert-OH is 1. The number of aliphatic hydroxyl groups is 1. The number of hydrogen-bond donors (Lipinski definition) is 1. The molecule has 1 N–H and O–H groups in total. The first-order valence-corrected chi connectivity index (χ1v) is 8.90. The number of benzene rings is 1. The summed E-state index contributed by atoms with van der Waals surface area (Å²) in [6.07, 6.45) is 8.92. The number of aryl methyl sites for hydroxylation is 2. The van der Waals surface area contributed by atoms with Crippen molar-refractivity contribution >= 4 is 5.82 Å². The van der Waals surface area contributed by atoms with Crippen LogP contribution >= 0.6 is 0 Å². The van der Waals surface area contributed by atoms with Crippen LogP contribution in [0, 0.1) is 12.3 Å². The smallest absolute Gasteiger partial charge is 0.150 e. The van der Waals surface area contributed by atoms with Crippen molar-refractivity contribution in [2.24, 2.45) is 5.41 Å². The van der Waals surface area contributed by atoms with Gasteiger partial charge in [0.15, 0.2) is 0 Å². The SMILES string of the molecule is Cc1nccnc1N1CCCC(CO)(CCCc2ccccc2)C1. The second-order valence-corrected chi connectivity index (χ2v) is 6.99. The van der Waals surface area contributed by atoms with Crippen LogP contribution in [0.1, 0.15) is 36.9 Å². The van der Waals surface area contributed by atoms with E-state index in [1.165, 1.54) is 5.56 Å². The topological polar surface area (TPSA) is 49.2 Å². The Hall–Kier alpha value is -1.94. The minimum atomic E-state index is -0.0169. The maximum Gasteiger partial charge on any atom is 0.150 e. The zero-order valence-corrected chi connectivity index (χ0v) is 14.5. The molecule has 24 heavy (non-hydrogen) atoms. The molecule has 1 saturated heterocycles. The summed E-state index contributed by atoms with van der Waals surface area (Å²) in [5.74, 6) is 0.970. The van der Waals surface area contributed by atoms with Crippen molar-refractivity contribution in [3.63, 3.8) is 0 Å². The normalized spacial score (nSPS) is 21.0. The highest BCUT2D eigenvalue weighted by atomic mass is 16.3. The summed E-state index contributed by atoms with van der Waals surface area (Å²) in [6, 6.07) is 10.6. The molecule has 4 heteroatoms. The summed E-state index contributed by atoms with van der Waals surface area (Å²) >= 11 is 0. The standard InChI is InChI=1S/C20H27N3O/c1-17-19(22-13-12-21-17)23-14-6-11-20(15-23,16-24)10-5-9-18-7-3-2-4-8-18/h2-4,7-8,12-13,24H,5-6,9-11,14-16H2,1H3. The highest BCUT2D eigenvalue weighted by Crippen LogP contribution is 2.36. The van der Waals surface area contributed by atoms with E-state index in [2.05, 4.69) is 45.2 Å². The van der Waals surface area contributed by atoms with E-state index in [0.29, 0.717) is 0 Å². The summed E-state index contributed by atoms with van der Waals surface area (Å²) in [7, 11) is 0. The first-order valence-electron chi connectivity index (χ1n) is 8.90. The van der Waals surface area contributed by atoms with Gasteiger partial charge in [0, 0.05) is 30.9 Å². The Morgan fingerprint density at radius 1 is 1.17 bits per heavy atom. The van der Waals surface area contributed by atoms with Gasteiger partial charge in [0.25, 0.3) is 0 Å². The fourth-order valence-electron chi connectivity index (χ4n) is 3.82. The Morgan fingerprint density at radius 2 is 1.96 bits per heavy atom. The fourth-order valence-corrected chi connectivity index (χ4v) is 3.82. The summed E-state index contributed by atoms with van der Waals surface area (Å²) in [6.45, 7) is 4.13. The molecule has 4 nitrogen and oxygen atoms in total. The van der Waals surface area contributed by atoms with Crippen molar-refractivity contribution in [2.45, 2.75) is 39.0 Å². The lowest BCUT2D eigenvalue weighted by Gasteiger charge is -2.42. The molecular weight excluding hydrogens is 298 g/mol. The van der Waals surface area contributed by atoms with Crippen molar-refractivity contribution < 1.29 is 5.11 Å². The molecule has 1 aromatic carbocycles. The quantitative estimate of drug-likeness (QED) is 0.884. The highest BCUT2D eigenvalue weighted by molar-refractivity contribution is 5.43. The molecule has 1 aliphatic heterocycles. The predicted octanol–water partition coefficient (Wildman–Crippen LogP) is 3.39. The Labute approximate surface area is 144 Å². The zero-order chi connectivity index (χ0) is 16.8. The van der Waals surface area contributed by atoms with Gasteiger partial charge in [-0.1, -0.05) is 30.3 Å². The Morgan fingerprint density at radius 3 is 2.71 bits per heavy atom. The van der Waals surface area contributed by atoms with Crippen LogP contribution < -0.4 is 4.90 Å². The lowest BCUT2D eigenvalue weighted by Crippen LogP contribution is -2.46. The highest BCUT2D eigenvalue weighted by Gasteiger charge is 2.35. The second kappa shape index (κ2) is 7.75. The molecule has 1 fully saturated rings. The van der Waals surface area contributed by atoms with E-state index in [1.807, 2.05) is 6.92 Å². The number of anilines is 1. The number of nitrogens with zero attached hydrogens (tertiary/aromatic N) is 3. The summed E-state index contributed by atoms with van der Waals surface area (Å²) < 4.78 is 0. The van der Waals surface area contributed by atoms with Gasteiger partial charge in [-0.15, -0.1) is 0 Å². The summed E-state index contributed by atoms with van der Waals surface area (Å²) in [5, 5.41) is 10.1. The monoisotopic (exact) mass is 325 g/mol. The van der Waals surface area contributed by atoms with E-state index < -0.39 is 0 Å². The van der Waals surface area contributed by atoms with Crippen LogP contribution in [0.25, 0.3) is 0 Å². The van der Waals surface area contributed by atoms with Gasteiger partial charge in [-0.2, -0.15) is 0 Å². The average Bonchev–Trinajstić information content (AvgIpc) is 2.63. The summed E-state index contributed by atoms with van der Waals surface area (Å²) in [5.41, 5.74) is 2.33. The molecule has 1 aliphatic rings. The molecule has 1 atom stereocenters. The molecule has 0 spiro atoms. The third-order valence-electron chi connectivity index (χ3n) is 5.17. The van der Waals surface area contributed by atoms with Crippen molar-refractivity contribution in [3.05, 3.63) is 54.0 Å². The number of hydrogen-bond acceptors (Lipinski definition) is 4. The Bertz CT molecular complexity index is 646. The average molecular weight is 325 g/mol. The lowest BCUT2D eigenvalue weighted by molar-refractivity contribution is 0.0938. The largest absolute Gasteiger partial charge is 0.396 e. The van der Waals surface area contributed by atoms with E-state index in [-0.39, 0.29) is 12.0 Å². The second-order valence-electron chi connectivity index (χ2n) is 6.99. The molecule has 0 bridgehead atoms. The molecule has 0 aliphatic carbocycles. The first kappa shape index (κ1) is 16.9. The molecular formula is C20H27N3O. The number of piperidine rings is 1. The van der Waals surface area contributed by atoms with Crippen LogP contribution in [0.15, 0.2) is 42.7 Å². The van der Waals surface area contributed by atoms with Gasteiger partial charge in [-0.3, -0.25) is 4.98 Å². The zero-order valence-electron chi connectivity index (χ0n) is 14.5. The van der Waals surface area contributed by atoms with Crippen molar-refractivity contribution in [2.75, 3.05) is 24.6 Å². The molecule has 2 aromatic rings. The van der Waals surface area contributed by atoms with Crippen LogP contribution in [-0.4, -0.2) is 34.8 Å². The van der Waals surface area contributed by atoms with E-state index >= 15 is 0 Å². The third-order valence-corrected chi connectivity index (χ3v) is 5.17. The summed E-state index contributed by atoms with van der Waals surface area (Å²) in [4.78, 5) is 11.2. The molecule has 0 radical (unpaired) electrons. The molecule has 0 amide bonds. The van der Waals surface area contributed by atoms with Crippen molar-refractivity contribution in [1.29, 1.82) is 0 Å². The molecule has 3 rings (SSSR count). The van der Waals surface area contributed by atoms with Gasteiger partial charge in [0.2, 0.25) is 0 Å². The van der Waals surface area contributed by atoms with Crippen LogP contribution in [0.5, 0.6) is 0 Å². The third kappa shape index (κ3) is 3.93. The predicted molar refractivity (Wildman–Crippen MR) is 97.1 cm³/mol. The van der Waals surface area contributed by atoms with Gasteiger partial charge in [0.05, 0.1) is 12.3 Å². The fraction of sp³-hybridized carbons (Fsp3) is 0.500. The van der Waals surface area contributed by atoms with Gasteiger partial charge >= 0.3 is 0 Å². The van der Waals surface area contributed by atoms with Crippen LogP contribution in [0.4, 0.5) is 5.82 Å².